The molecular weight excluding hydrogens is 338 g/mol. The molecule has 3 heterocycles. The van der Waals surface area contributed by atoms with E-state index < -0.39 is 0 Å². The van der Waals surface area contributed by atoms with Crippen LogP contribution in [0.3, 0.4) is 0 Å². The minimum absolute atomic E-state index is 0.0553. The summed E-state index contributed by atoms with van der Waals surface area (Å²) in [4.78, 5) is 18.3. The number of likely N-dealkylation sites (tertiary alicyclic amines) is 1. The number of aryl methyl sites for hydroxylation is 1. The van der Waals surface area contributed by atoms with Gasteiger partial charge in [0.1, 0.15) is 17.4 Å². The van der Waals surface area contributed by atoms with Crippen LogP contribution in [0.1, 0.15) is 22.5 Å². The summed E-state index contributed by atoms with van der Waals surface area (Å²) in [7, 11) is 0. The van der Waals surface area contributed by atoms with Crippen LogP contribution in [0, 0.1) is 6.92 Å². The minimum Gasteiger partial charge on any atom is -0.472 e. The molecule has 21 heavy (non-hydrogen) atoms. The minimum atomic E-state index is -0.0695. The molecule has 1 saturated heterocycles. The highest BCUT2D eigenvalue weighted by Crippen LogP contribution is 2.25. The van der Waals surface area contributed by atoms with Gasteiger partial charge in [0.2, 0.25) is 5.88 Å². The van der Waals surface area contributed by atoms with Gasteiger partial charge in [0.05, 0.1) is 17.2 Å². The first-order valence-electron chi connectivity index (χ1n) is 6.63. The number of halogens is 1. The van der Waals surface area contributed by atoms with Gasteiger partial charge < -0.3 is 14.2 Å². The molecule has 0 aliphatic carbocycles. The Bertz CT molecular complexity index is 658. The molecule has 110 valence electrons. The second kappa shape index (κ2) is 5.85. The van der Waals surface area contributed by atoms with E-state index in [4.69, 9.17) is 9.26 Å². The Hall–Kier alpha value is -1.89. The molecule has 1 unspecified atom stereocenters. The van der Waals surface area contributed by atoms with Crippen molar-refractivity contribution in [2.45, 2.75) is 19.4 Å². The number of nitrogens with zero attached hydrogens (tertiary/aromatic N) is 3. The van der Waals surface area contributed by atoms with Crippen molar-refractivity contribution in [3.63, 3.8) is 0 Å². The average molecular weight is 352 g/mol. The number of rotatable bonds is 3. The summed E-state index contributed by atoms with van der Waals surface area (Å²) in [6.07, 6.45) is 3.86. The molecule has 0 saturated carbocycles. The Morgan fingerprint density at radius 1 is 1.57 bits per heavy atom. The van der Waals surface area contributed by atoms with E-state index in [1.165, 1.54) is 6.20 Å². The van der Waals surface area contributed by atoms with E-state index in [2.05, 4.69) is 26.1 Å². The molecule has 0 aromatic carbocycles. The molecule has 3 rings (SSSR count). The van der Waals surface area contributed by atoms with Crippen molar-refractivity contribution in [2.75, 3.05) is 13.1 Å². The lowest BCUT2D eigenvalue weighted by molar-refractivity contribution is 0.0769. The number of amides is 1. The Morgan fingerprint density at radius 3 is 3.14 bits per heavy atom. The highest BCUT2D eigenvalue weighted by atomic mass is 79.9. The van der Waals surface area contributed by atoms with Gasteiger partial charge in [-0.1, -0.05) is 5.16 Å². The van der Waals surface area contributed by atoms with Crippen molar-refractivity contribution in [3.05, 3.63) is 40.3 Å². The largest absolute Gasteiger partial charge is 0.472 e. The molecule has 1 fully saturated rings. The van der Waals surface area contributed by atoms with Gasteiger partial charge in [0, 0.05) is 19.2 Å². The first-order valence-corrected chi connectivity index (χ1v) is 7.42. The van der Waals surface area contributed by atoms with Gasteiger partial charge in [0.15, 0.2) is 0 Å². The second-order valence-corrected chi connectivity index (χ2v) is 5.72. The fraction of sp³-hybridized carbons (Fsp3) is 0.357. The van der Waals surface area contributed by atoms with Crippen molar-refractivity contribution >= 4 is 21.8 Å². The Kier molecular flexibility index (Phi) is 3.92. The SMILES string of the molecule is Cc1oncc1C(=O)N1CCC(Oc2ncccc2Br)C1. The first kappa shape index (κ1) is 14.1. The maximum absolute atomic E-state index is 12.3. The molecule has 2 aromatic heterocycles. The van der Waals surface area contributed by atoms with Crippen LogP contribution >= 0.6 is 15.9 Å². The van der Waals surface area contributed by atoms with Crippen molar-refractivity contribution in [2.24, 2.45) is 0 Å². The number of ether oxygens (including phenoxy) is 1. The number of hydrogen-bond acceptors (Lipinski definition) is 5. The van der Waals surface area contributed by atoms with Gasteiger partial charge in [-0.15, -0.1) is 0 Å². The zero-order valence-electron chi connectivity index (χ0n) is 11.5. The van der Waals surface area contributed by atoms with E-state index in [0.29, 0.717) is 30.3 Å². The van der Waals surface area contributed by atoms with Crippen LogP contribution in [0.4, 0.5) is 0 Å². The number of hydrogen-bond donors (Lipinski definition) is 0. The number of aromatic nitrogens is 2. The van der Waals surface area contributed by atoms with Gasteiger partial charge in [0.25, 0.3) is 5.91 Å². The fourth-order valence-electron chi connectivity index (χ4n) is 2.30. The van der Waals surface area contributed by atoms with E-state index in [9.17, 15) is 4.79 Å². The molecular formula is C14H14BrN3O3. The van der Waals surface area contributed by atoms with E-state index in [0.717, 1.165) is 10.9 Å². The van der Waals surface area contributed by atoms with Crippen LogP contribution < -0.4 is 4.74 Å². The predicted molar refractivity (Wildman–Crippen MR) is 78.1 cm³/mol. The van der Waals surface area contributed by atoms with Crippen LogP contribution in [0.25, 0.3) is 0 Å². The molecule has 7 heteroatoms. The smallest absolute Gasteiger partial charge is 0.259 e. The van der Waals surface area contributed by atoms with Crippen LogP contribution in [0.15, 0.2) is 33.5 Å². The molecule has 2 aromatic rings. The van der Waals surface area contributed by atoms with E-state index in [1.54, 1.807) is 18.0 Å². The highest BCUT2D eigenvalue weighted by molar-refractivity contribution is 9.10. The molecule has 0 bridgehead atoms. The maximum atomic E-state index is 12.3. The van der Waals surface area contributed by atoms with E-state index >= 15 is 0 Å². The molecule has 0 N–H and O–H groups in total. The van der Waals surface area contributed by atoms with E-state index in [1.807, 2.05) is 12.1 Å². The average Bonchev–Trinajstić information content (AvgIpc) is 3.10. The lowest BCUT2D eigenvalue weighted by atomic mass is 10.2. The van der Waals surface area contributed by atoms with Gasteiger partial charge >= 0.3 is 0 Å². The van der Waals surface area contributed by atoms with Crippen molar-refractivity contribution in [1.29, 1.82) is 0 Å². The third kappa shape index (κ3) is 2.92. The van der Waals surface area contributed by atoms with Crippen molar-refractivity contribution < 1.29 is 14.1 Å². The van der Waals surface area contributed by atoms with Crippen LogP contribution in [0.5, 0.6) is 5.88 Å². The van der Waals surface area contributed by atoms with Crippen molar-refractivity contribution in [1.82, 2.24) is 15.0 Å². The summed E-state index contributed by atoms with van der Waals surface area (Å²) in [6, 6.07) is 3.71. The number of pyridine rings is 1. The number of carbonyl (C=O) groups excluding carboxylic acids is 1. The van der Waals surface area contributed by atoms with Crippen molar-refractivity contribution in [3.8, 4) is 5.88 Å². The van der Waals surface area contributed by atoms with Crippen LogP contribution in [-0.4, -0.2) is 40.1 Å². The molecule has 1 amide bonds. The fourth-order valence-corrected chi connectivity index (χ4v) is 2.65. The topological polar surface area (TPSA) is 68.5 Å². The number of carbonyl (C=O) groups is 1. The molecule has 0 radical (unpaired) electrons. The summed E-state index contributed by atoms with van der Waals surface area (Å²) in [5, 5.41) is 3.64. The van der Waals surface area contributed by atoms with Gasteiger partial charge in [-0.25, -0.2) is 4.98 Å². The zero-order chi connectivity index (χ0) is 14.8. The third-order valence-corrected chi connectivity index (χ3v) is 4.02. The molecule has 1 aliphatic rings. The summed E-state index contributed by atoms with van der Waals surface area (Å²) >= 11 is 3.40. The normalized spacial score (nSPS) is 18.0. The lowest BCUT2D eigenvalue weighted by Gasteiger charge is -2.16. The Balaban J connectivity index is 1.65. The van der Waals surface area contributed by atoms with Gasteiger partial charge in [-0.05, 0) is 35.0 Å². The van der Waals surface area contributed by atoms with Gasteiger partial charge in [-0.2, -0.15) is 0 Å². The monoisotopic (exact) mass is 351 g/mol. The summed E-state index contributed by atoms with van der Waals surface area (Å²) in [5.74, 6) is 1.02. The summed E-state index contributed by atoms with van der Waals surface area (Å²) < 4.78 is 11.6. The van der Waals surface area contributed by atoms with E-state index in [-0.39, 0.29) is 12.0 Å². The standard InChI is InChI=1S/C14H14BrN3O3/c1-9-11(7-17-21-9)14(19)18-6-4-10(8-18)20-13-12(15)3-2-5-16-13/h2-3,5,7,10H,4,6,8H2,1H3. The van der Waals surface area contributed by atoms with Gasteiger partial charge in [-0.3, -0.25) is 4.79 Å². The molecule has 6 nitrogen and oxygen atoms in total. The van der Waals surface area contributed by atoms with Crippen LogP contribution in [0.2, 0.25) is 0 Å². The zero-order valence-corrected chi connectivity index (χ0v) is 13.0. The second-order valence-electron chi connectivity index (χ2n) is 4.87. The maximum Gasteiger partial charge on any atom is 0.259 e. The first-order chi connectivity index (χ1) is 10.1. The summed E-state index contributed by atoms with van der Waals surface area (Å²) in [6.45, 7) is 2.92. The Labute approximate surface area is 130 Å². The van der Waals surface area contributed by atoms with Crippen LogP contribution in [-0.2, 0) is 0 Å². The molecule has 0 spiro atoms. The highest BCUT2D eigenvalue weighted by Gasteiger charge is 2.30. The molecule has 1 atom stereocenters. The quantitative estimate of drug-likeness (QED) is 0.849. The molecule has 1 aliphatic heterocycles. The lowest BCUT2D eigenvalue weighted by Crippen LogP contribution is -2.31. The predicted octanol–water partition coefficient (Wildman–Crippen LogP) is 2.43. The third-order valence-electron chi connectivity index (χ3n) is 3.42. The summed E-state index contributed by atoms with van der Waals surface area (Å²) in [5.41, 5.74) is 0.509. The Morgan fingerprint density at radius 2 is 2.43 bits per heavy atom.